The van der Waals surface area contributed by atoms with Crippen LogP contribution >= 0.6 is 11.3 Å². The number of para-hydroxylation sites is 1. The van der Waals surface area contributed by atoms with Gasteiger partial charge >= 0.3 is 0 Å². The van der Waals surface area contributed by atoms with Crippen LogP contribution in [-0.4, -0.2) is 45.1 Å². The number of oxazole rings is 1. The number of benzene rings is 1. The second-order valence-electron chi connectivity index (χ2n) is 6.99. The molecule has 3 aromatic rings. The molecule has 0 aliphatic carbocycles. The Labute approximate surface area is 182 Å². The number of hydrogen-bond donors (Lipinski definition) is 2. The molecule has 1 aliphatic heterocycles. The predicted octanol–water partition coefficient (Wildman–Crippen LogP) is 2.31. The maximum absolute atomic E-state index is 12.5. The number of amides is 2. The van der Waals surface area contributed by atoms with Crippen molar-refractivity contribution in [3.05, 3.63) is 34.7 Å². The Balaban J connectivity index is 0.000000858. The van der Waals surface area contributed by atoms with Crippen LogP contribution in [0.25, 0.3) is 11.1 Å². The fraction of sp³-hybridized carbons (Fsp3) is 0.400. The van der Waals surface area contributed by atoms with Crippen LogP contribution in [0.5, 0.6) is 0 Å². The largest absolute Gasteiger partial charge is 0.483 e. The van der Waals surface area contributed by atoms with Crippen molar-refractivity contribution in [2.24, 2.45) is 5.92 Å². The molecule has 11 heteroatoms. The average Bonchev–Trinajstić information content (AvgIpc) is 3.45. The molecule has 1 atom stereocenters. The first-order valence-corrected chi connectivity index (χ1v) is 10.6. The summed E-state index contributed by atoms with van der Waals surface area (Å²) in [4.78, 5) is 39.2. The Kier molecular flexibility index (Phi) is 7.29. The molecule has 4 rings (SSSR count). The summed E-state index contributed by atoms with van der Waals surface area (Å²) >= 11 is 1.41. The van der Waals surface area contributed by atoms with E-state index in [9.17, 15) is 9.59 Å². The number of nitrogens with zero attached hydrogens (tertiary/aromatic N) is 4. The third-order valence-corrected chi connectivity index (χ3v) is 5.73. The van der Waals surface area contributed by atoms with Gasteiger partial charge in [-0.15, -0.1) is 10.2 Å². The van der Waals surface area contributed by atoms with E-state index in [1.807, 2.05) is 25.1 Å². The highest BCUT2D eigenvalue weighted by atomic mass is 32.1. The normalized spacial score (nSPS) is 15.6. The van der Waals surface area contributed by atoms with Crippen LogP contribution in [0.1, 0.15) is 36.2 Å². The molecule has 0 spiro atoms. The van der Waals surface area contributed by atoms with E-state index in [-0.39, 0.29) is 31.3 Å². The molecule has 2 N–H and O–H groups in total. The summed E-state index contributed by atoms with van der Waals surface area (Å²) in [6.07, 6.45) is 1.98. The highest BCUT2D eigenvalue weighted by molar-refractivity contribution is 7.15. The van der Waals surface area contributed by atoms with E-state index in [4.69, 9.17) is 14.3 Å². The van der Waals surface area contributed by atoms with E-state index < -0.39 is 5.92 Å². The van der Waals surface area contributed by atoms with Gasteiger partial charge in [0.2, 0.25) is 22.8 Å². The predicted molar refractivity (Wildman–Crippen MR) is 114 cm³/mol. The number of aryl methyl sites for hydroxylation is 2. The lowest BCUT2D eigenvalue weighted by Crippen LogP contribution is -2.32. The molecular weight excluding hydrogens is 422 g/mol. The Bertz CT molecular complexity index is 1080. The maximum Gasteiger partial charge on any atom is 0.290 e. The van der Waals surface area contributed by atoms with E-state index in [2.05, 4.69) is 27.4 Å². The van der Waals surface area contributed by atoms with Crippen LogP contribution in [0, 0.1) is 12.8 Å². The van der Waals surface area contributed by atoms with Gasteiger partial charge in [0.1, 0.15) is 10.5 Å². The minimum absolute atomic E-state index is 0.100. The fourth-order valence-electron chi connectivity index (χ4n) is 3.25. The molecule has 2 amide bonds. The summed E-state index contributed by atoms with van der Waals surface area (Å²) in [5.41, 5.74) is 2.52. The second kappa shape index (κ2) is 10.1. The Morgan fingerprint density at radius 2 is 2.19 bits per heavy atom. The smallest absolute Gasteiger partial charge is 0.290 e. The number of rotatable bonds is 6. The third-order valence-electron chi connectivity index (χ3n) is 4.73. The van der Waals surface area contributed by atoms with Gasteiger partial charge < -0.3 is 14.8 Å². The van der Waals surface area contributed by atoms with Crippen molar-refractivity contribution in [1.29, 1.82) is 0 Å². The van der Waals surface area contributed by atoms with Crippen molar-refractivity contribution in [1.82, 2.24) is 20.5 Å². The van der Waals surface area contributed by atoms with Gasteiger partial charge in [0, 0.05) is 19.4 Å². The minimum Gasteiger partial charge on any atom is -0.483 e. The first-order valence-electron chi connectivity index (χ1n) is 9.80. The number of fused-ring (bicyclic) bond motifs is 1. The highest BCUT2D eigenvalue weighted by Crippen LogP contribution is 2.28. The Morgan fingerprint density at radius 3 is 2.90 bits per heavy atom. The molecule has 1 fully saturated rings. The molecule has 164 valence electrons. The van der Waals surface area contributed by atoms with Crippen LogP contribution in [-0.2, 0) is 27.3 Å². The number of carboxylic acid groups (broad SMARTS) is 1. The zero-order valence-corrected chi connectivity index (χ0v) is 18.0. The summed E-state index contributed by atoms with van der Waals surface area (Å²) in [5.74, 6) is -0.255. The summed E-state index contributed by atoms with van der Waals surface area (Å²) in [7, 11) is 0. The van der Waals surface area contributed by atoms with Gasteiger partial charge in [0.05, 0.1) is 12.5 Å². The summed E-state index contributed by atoms with van der Waals surface area (Å²) in [5, 5.41) is 19.4. The van der Waals surface area contributed by atoms with Gasteiger partial charge in [0.25, 0.3) is 6.47 Å². The van der Waals surface area contributed by atoms with E-state index in [0.717, 1.165) is 28.9 Å². The van der Waals surface area contributed by atoms with Crippen molar-refractivity contribution in [3.8, 4) is 0 Å². The zero-order valence-electron chi connectivity index (χ0n) is 17.2. The molecule has 1 aromatic carbocycles. The lowest BCUT2D eigenvalue weighted by Gasteiger charge is -2.12. The van der Waals surface area contributed by atoms with Gasteiger partial charge in [-0.1, -0.05) is 30.4 Å². The molecule has 10 nitrogen and oxygen atoms in total. The van der Waals surface area contributed by atoms with E-state index in [1.54, 1.807) is 4.90 Å². The monoisotopic (exact) mass is 445 g/mol. The zero-order chi connectivity index (χ0) is 22.4. The third kappa shape index (κ3) is 5.23. The molecule has 2 aromatic heterocycles. The molecule has 1 saturated heterocycles. The van der Waals surface area contributed by atoms with Crippen molar-refractivity contribution in [3.63, 3.8) is 0 Å². The molecule has 1 aliphatic rings. The number of nitrogens with one attached hydrogen (secondary N) is 1. The summed E-state index contributed by atoms with van der Waals surface area (Å²) in [6.45, 7) is 4.29. The van der Waals surface area contributed by atoms with E-state index in [0.29, 0.717) is 23.2 Å². The highest BCUT2D eigenvalue weighted by Gasteiger charge is 2.36. The number of aromatic nitrogens is 3. The van der Waals surface area contributed by atoms with Gasteiger partial charge in [-0.3, -0.25) is 19.3 Å². The van der Waals surface area contributed by atoms with Crippen LogP contribution in [0.4, 0.5) is 5.13 Å². The first kappa shape index (κ1) is 22.3. The molecule has 0 saturated carbocycles. The number of hydrogen-bond acceptors (Lipinski definition) is 8. The molecule has 31 heavy (non-hydrogen) atoms. The van der Waals surface area contributed by atoms with Crippen molar-refractivity contribution in [2.75, 3.05) is 11.4 Å². The molecular formula is C20H23N5O5S. The quantitative estimate of drug-likeness (QED) is 0.551. The van der Waals surface area contributed by atoms with Crippen LogP contribution in [0.15, 0.2) is 22.6 Å². The van der Waals surface area contributed by atoms with Gasteiger partial charge in [-0.2, -0.15) is 0 Å². The van der Waals surface area contributed by atoms with Crippen LogP contribution in [0.2, 0.25) is 0 Å². The topological polar surface area (TPSA) is 139 Å². The summed E-state index contributed by atoms with van der Waals surface area (Å²) in [6, 6.07) is 5.72. The van der Waals surface area contributed by atoms with Gasteiger partial charge in [-0.05, 0) is 25.0 Å². The molecule has 0 bridgehead atoms. The lowest BCUT2D eigenvalue weighted by molar-refractivity contribution is -0.126. The number of carbonyl (C=O) groups excluding carboxylic acids is 2. The Hall–Kier alpha value is -3.34. The van der Waals surface area contributed by atoms with E-state index in [1.165, 1.54) is 11.3 Å². The van der Waals surface area contributed by atoms with Crippen LogP contribution in [0.3, 0.4) is 0 Å². The average molecular weight is 446 g/mol. The Morgan fingerprint density at radius 1 is 1.42 bits per heavy atom. The number of carbonyl (C=O) groups is 3. The van der Waals surface area contributed by atoms with E-state index >= 15 is 0 Å². The summed E-state index contributed by atoms with van der Waals surface area (Å²) < 4.78 is 5.68. The lowest BCUT2D eigenvalue weighted by atomic mass is 10.1. The van der Waals surface area contributed by atoms with Crippen molar-refractivity contribution in [2.45, 2.75) is 39.7 Å². The maximum atomic E-state index is 12.5. The van der Waals surface area contributed by atoms with Crippen LogP contribution < -0.4 is 10.2 Å². The minimum atomic E-state index is -0.419. The molecule has 3 heterocycles. The van der Waals surface area contributed by atoms with Crippen molar-refractivity contribution >= 4 is 45.9 Å². The fourth-order valence-corrected chi connectivity index (χ4v) is 4.22. The molecule has 0 radical (unpaired) electrons. The van der Waals surface area contributed by atoms with Crippen molar-refractivity contribution < 1.29 is 23.9 Å². The SMILES string of the molecule is CCCc1nnc(N2CC(C(=O)NCc3nc4c(C)cccc4o3)CC2=O)s1.O=CO. The standard InChI is InChI=1S/C19H21N5O3S.CH2O2/c1-3-5-15-22-23-19(28-15)24-10-12(8-16(24)25)18(26)20-9-14-21-17-11(2)6-4-7-13(17)27-14;2-1-3/h4,6-7,12H,3,5,8-10H2,1-2H3,(H,20,26);1H,(H,2,3). The molecule has 1 unspecified atom stereocenters. The van der Waals surface area contributed by atoms with Gasteiger partial charge in [-0.25, -0.2) is 4.98 Å². The second-order valence-corrected chi connectivity index (χ2v) is 8.03. The van der Waals surface area contributed by atoms with Gasteiger partial charge in [0.15, 0.2) is 5.58 Å². The number of anilines is 1. The first-order chi connectivity index (χ1) is 15.0.